The zero-order chi connectivity index (χ0) is 18.2. The van der Waals surface area contributed by atoms with Crippen molar-refractivity contribution in [3.05, 3.63) is 29.8 Å². The Balaban J connectivity index is 1.42. The number of likely N-dealkylation sites (tertiary alicyclic amines) is 1. The average molecular weight is 359 g/mol. The summed E-state index contributed by atoms with van der Waals surface area (Å²) >= 11 is 0. The average Bonchev–Trinajstić information content (AvgIpc) is 3.34. The summed E-state index contributed by atoms with van der Waals surface area (Å²) in [4.78, 5) is 7.09. The van der Waals surface area contributed by atoms with Crippen LogP contribution in [0.3, 0.4) is 0 Å². The van der Waals surface area contributed by atoms with Crippen molar-refractivity contribution >= 4 is 5.96 Å². The van der Waals surface area contributed by atoms with Crippen LogP contribution in [0, 0.1) is 0 Å². The van der Waals surface area contributed by atoms with Gasteiger partial charge in [0.2, 0.25) is 0 Å². The summed E-state index contributed by atoms with van der Waals surface area (Å²) in [6, 6.07) is 9.62. The highest BCUT2D eigenvalue weighted by Crippen LogP contribution is 2.26. The molecule has 1 atom stereocenters. The van der Waals surface area contributed by atoms with E-state index >= 15 is 0 Å². The molecule has 1 aromatic rings. The minimum atomic E-state index is 0.512. The largest absolute Gasteiger partial charge is 0.494 e. The lowest BCUT2D eigenvalue weighted by molar-refractivity contribution is 0.242. The third-order valence-electron chi connectivity index (χ3n) is 5.58. The highest BCUT2D eigenvalue weighted by Gasteiger charge is 2.30. The predicted molar refractivity (Wildman–Crippen MR) is 108 cm³/mol. The normalized spacial score (nSPS) is 21.9. The van der Waals surface area contributed by atoms with E-state index in [0.717, 1.165) is 37.3 Å². The number of para-hydroxylation sites is 1. The van der Waals surface area contributed by atoms with Crippen molar-refractivity contribution in [3.63, 3.8) is 0 Å². The van der Waals surface area contributed by atoms with E-state index in [1.54, 1.807) is 0 Å². The van der Waals surface area contributed by atoms with Crippen LogP contribution in [0.1, 0.15) is 44.6 Å². The first-order valence-electron chi connectivity index (χ1n) is 10.2. The fraction of sp³-hybridized carbons (Fsp3) is 0.667. The molecule has 0 aromatic heterocycles. The van der Waals surface area contributed by atoms with Gasteiger partial charge in [0.1, 0.15) is 5.75 Å². The van der Waals surface area contributed by atoms with E-state index < -0.39 is 0 Å². The van der Waals surface area contributed by atoms with Crippen molar-refractivity contribution in [1.29, 1.82) is 0 Å². The quantitative estimate of drug-likeness (QED) is 0.581. The monoisotopic (exact) mass is 358 g/mol. The molecule has 1 saturated heterocycles. The first kappa shape index (κ1) is 19.0. The summed E-state index contributed by atoms with van der Waals surface area (Å²) in [5.41, 5.74) is 1.24. The molecule has 2 aliphatic rings. The van der Waals surface area contributed by atoms with Crippen LogP contribution in [0.5, 0.6) is 5.75 Å². The minimum Gasteiger partial charge on any atom is -0.494 e. The smallest absolute Gasteiger partial charge is 0.191 e. The lowest BCUT2D eigenvalue weighted by Gasteiger charge is -2.24. The van der Waals surface area contributed by atoms with Crippen LogP contribution in [0.2, 0.25) is 0 Å². The Labute approximate surface area is 158 Å². The van der Waals surface area contributed by atoms with Crippen LogP contribution >= 0.6 is 0 Å². The number of nitrogens with zero attached hydrogens (tertiary/aromatic N) is 2. The van der Waals surface area contributed by atoms with E-state index in [2.05, 4.69) is 32.7 Å². The molecule has 3 rings (SSSR count). The fourth-order valence-corrected chi connectivity index (χ4v) is 4.22. The van der Waals surface area contributed by atoms with Crippen molar-refractivity contribution in [1.82, 2.24) is 15.5 Å². The Hall–Kier alpha value is -1.75. The number of hydrogen-bond donors (Lipinski definition) is 2. The van der Waals surface area contributed by atoms with Crippen molar-refractivity contribution < 1.29 is 4.74 Å². The minimum absolute atomic E-state index is 0.512. The Morgan fingerprint density at radius 2 is 2.04 bits per heavy atom. The molecule has 26 heavy (non-hydrogen) atoms. The van der Waals surface area contributed by atoms with Gasteiger partial charge in [-0.05, 0) is 44.2 Å². The molecule has 1 heterocycles. The second kappa shape index (κ2) is 9.81. The number of ether oxygens (including phenoxy) is 1. The molecule has 0 bridgehead atoms. The summed E-state index contributed by atoms with van der Waals surface area (Å²) < 4.78 is 5.71. The Morgan fingerprint density at radius 1 is 1.23 bits per heavy atom. The highest BCUT2D eigenvalue weighted by molar-refractivity contribution is 5.80. The van der Waals surface area contributed by atoms with Crippen LogP contribution in [0.15, 0.2) is 29.3 Å². The molecule has 5 nitrogen and oxygen atoms in total. The molecule has 144 valence electrons. The number of rotatable bonds is 7. The Bertz CT molecular complexity index is 583. The van der Waals surface area contributed by atoms with Gasteiger partial charge in [0, 0.05) is 38.8 Å². The molecule has 0 radical (unpaired) electrons. The molecule has 1 aromatic carbocycles. The molecule has 1 aliphatic carbocycles. The molecule has 0 amide bonds. The highest BCUT2D eigenvalue weighted by atomic mass is 16.5. The van der Waals surface area contributed by atoms with Gasteiger partial charge in [-0.3, -0.25) is 9.89 Å². The molecule has 0 spiro atoms. The van der Waals surface area contributed by atoms with Crippen LogP contribution in [0.25, 0.3) is 0 Å². The molecule has 1 aliphatic heterocycles. The molecule has 1 saturated carbocycles. The molecule has 5 heteroatoms. The van der Waals surface area contributed by atoms with Crippen LogP contribution in [-0.4, -0.2) is 56.2 Å². The lowest BCUT2D eigenvalue weighted by atomic mass is 10.1. The molecule has 2 N–H and O–H groups in total. The van der Waals surface area contributed by atoms with Gasteiger partial charge >= 0.3 is 0 Å². The zero-order valence-electron chi connectivity index (χ0n) is 16.3. The Morgan fingerprint density at radius 3 is 2.81 bits per heavy atom. The van der Waals surface area contributed by atoms with Gasteiger partial charge < -0.3 is 15.4 Å². The van der Waals surface area contributed by atoms with Crippen LogP contribution in [-0.2, 0) is 6.42 Å². The summed E-state index contributed by atoms with van der Waals surface area (Å²) in [7, 11) is 1.85. The molecular weight excluding hydrogens is 324 g/mol. The lowest BCUT2D eigenvalue weighted by Crippen LogP contribution is -2.45. The van der Waals surface area contributed by atoms with Crippen LogP contribution < -0.4 is 15.4 Å². The van der Waals surface area contributed by atoms with E-state index in [0.29, 0.717) is 12.6 Å². The maximum absolute atomic E-state index is 5.71. The number of hydrogen-bond acceptors (Lipinski definition) is 3. The number of benzene rings is 1. The Kier molecular flexibility index (Phi) is 7.18. The van der Waals surface area contributed by atoms with Gasteiger partial charge in [-0.15, -0.1) is 0 Å². The van der Waals surface area contributed by atoms with E-state index in [9.17, 15) is 0 Å². The fourth-order valence-electron chi connectivity index (χ4n) is 4.22. The van der Waals surface area contributed by atoms with Crippen LogP contribution in [0.4, 0.5) is 0 Å². The van der Waals surface area contributed by atoms with E-state index in [1.165, 1.54) is 44.2 Å². The summed E-state index contributed by atoms with van der Waals surface area (Å²) in [6.45, 7) is 5.95. The van der Waals surface area contributed by atoms with Gasteiger partial charge in [-0.1, -0.05) is 31.0 Å². The second-order valence-corrected chi connectivity index (χ2v) is 7.35. The standard InChI is InChI=1S/C21H34N4O/c1-3-26-20-11-7-4-8-17(20)12-14-23-21(22-2)24-18-13-15-25(16-18)19-9-5-6-10-19/h4,7-8,11,18-19H,3,5-6,9-10,12-16H2,1-2H3,(H2,22,23,24). The van der Waals surface area contributed by atoms with E-state index in [4.69, 9.17) is 4.74 Å². The molecule has 1 unspecified atom stereocenters. The first-order chi connectivity index (χ1) is 12.8. The molecular formula is C21H34N4O. The summed E-state index contributed by atoms with van der Waals surface area (Å²) in [5, 5.41) is 7.07. The first-order valence-corrected chi connectivity index (χ1v) is 10.2. The van der Waals surface area contributed by atoms with Crippen molar-refractivity contribution in [2.24, 2.45) is 4.99 Å². The predicted octanol–water partition coefficient (Wildman–Crippen LogP) is 2.81. The van der Waals surface area contributed by atoms with Crippen molar-refractivity contribution in [2.75, 3.05) is 33.3 Å². The SMILES string of the molecule is CCOc1ccccc1CCNC(=NC)NC1CCN(C2CCCC2)C1. The third kappa shape index (κ3) is 5.13. The number of guanidine groups is 1. The van der Waals surface area contributed by atoms with Crippen molar-refractivity contribution in [3.8, 4) is 5.75 Å². The third-order valence-corrected chi connectivity index (χ3v) is 5.58. The van der Waals surface area contributed by atoms with Gasteiger partial charge in [-0.2, -0.15) is 0 Å². The number of nitrogens with one attached hydrogen (secondary N) is 2. The maximum atomic E-state index is 5.71. The second-order valence-electron chi connectivity index (χ2n) is 7.35. The summed E-state index contributed by atoms with van der Waals surface area (Å²) in [5.74, 6) is 1.90. The van der Waals surface area contributed by atoms with E-state index in [-0.39, 0.29) is 0 Å². The summed E-state index contributed by atoms with van der Waals surface area (Å²) in [6.07, 6.45) is 7.73. The van der Waals surface area contributed by atoms with Gasteiger partial charge in [0.05, 0.1) is 6.61 Å². The topological polar surface area (TPSA) is 48.9 Å². The van der Waals surface area contributed by atoms with Gasteiger partial charge in [0.15, 0.2) is 5.96 Å². The van der Waals surface area contributed by atoms with Gasteiger partial charge in [0.25, 0.3) is 0 Å². The zero-order valence-corrected chi connectivity index (χ0v) is 16.3. The van der Waals surface area contributed by atoms with E-state index in [1.807, 2.05) is 26.1 Å². The number of aliphatic imine (C=N–C) groups is 1. The maximum Gasteiger partial charge on any atom is 0.191 e. The van der Waals surface area contributed by atoms with Gasteiger partial charge in [-0.25, -0.2) is 0 Å². The molecule has 2 fully saturated rings. The van der Waals surface area contributed by atoms with Crippen molar-refractivity contribution in [2.45, 2.75) is 57.5 Å².